The fourth-order valence-electron chi connectivity index (χ4n) is 0.629. The van der Waals surface area contributed by atoms with Gasteiger partial charge in [-0.2, -0.15) is 0 Å². The van der Waals surface area contributed by atoms with Crippen molar-refractivity contribution in [3.05, 3.63) is 0 Å². The summed E-state index contributed by atoms with van der Waals surface area (Å²) < 4.78 is 4.34. The quantitative estimate of drug-likeness (QED) is 0.400. The van der Waals surface area contributed by atoms with Crippen molar-refractivity contribution >= 4 is 11.9 Å². The van der Waals surface area contributed by atoms with Crippen LogP contribution in [0.5, 0.6) is 0 Å². The Balaban J connectivity index is 4.21. The van der Waals surface area contributed by atoms with E-state index >= 15 is 0 Å². The van der Waals surface area contributed by atoms with Crippen molar-refractivity contribution in [2.75, 3.05) is 7.11 Å². The Labute approximate surface area is 64.9 Å². The summed E-state index contributed by atoms with van der Waals surface area (Å²) in [5, 5.41) is 2.23. The van der Waals surface area contributed by atoms with E-state index in [2.05, 4.69) is 10.1 Å². The molecule has 0 saturated carbocycles. The minimum absolute atomic E-state index is 0.375. The highest BCUT2D eigenvalue weighted by atomic mass is 16.5. The van der Waals surface area contributed by atoms with E-state index in [4.69, 9.17) is 5.73 Å². The molecule has 0 unspecified atom stereocenters. The van der Waals surface area contributed by atoms with Crippen LogP contribution in [0.25, 0.3) is 0 Å². The van der Waals surface area contributed by atoms with Crippen LogP contribution in [0.3, 0.4) is 0 Å². The van der Waals surface area contributed by atoms with Crippen molar-refractivity contribution in [2.24, 2.45) is 5.73 Å². The number of nitrogens with one attached hydrogen (secondary N) is 1. The first-order chi connectivity index (χ1) is 4.90. The van der Waals surface area contributed by atoms with Gasteiger partial charge in [-0.1, -0.05) is 0 Å². The molecule has 0 aromatic rings. The predicted molar refractivity (Wildman–Crippen MR) is 38.4 cm³/mol. The zero-order valence-electron chi connectivity index (χ0n) is 6.80. The average Bonchev–Trinajstić information content (AvgIpc) is 1.83. The third-order valence-corrected chi connectivity index (χ3v) is 1.05. The molecular formula is C6H12N2O3. The molecule has 0 aliphatic heterocycles. The highest BCUT2D eigenvalue weighted by Gasteiger charge is 2.29. The minimum atomic E-state index is -1.43. The summed E-state index contributed by atoms with van der Waals surface area (Å²) in [7, 11) is 1.20. The normalized spacial score (nSPS) is 14.9. The van der Waals surface area contributed by atoms with E-state index < -0.39 is 11.6 Å². The molecule has 0 radical (unpaired) electrons. The van der Waals surface area contributed by atoms with Gasteiger partial charge >= 0.3 is 5.97 Å². The van der Waals surface area contributed by atoms with Gasteiger partial charge in [0.2, 0.25) is 5.91 Å². The van der Waals surface area contributed by atoms with Gasteiger partial charge in [0.25, 0.3) is 0 Å². The largest absolute Gasteiger partial charge is 0.466 e. The molecule has 0 aromatic carbocycles. The molecule has 0 aliphatic rings. The maximum Gasteiger partial charge on any atom is 0.346 e. The molecule has 0 saturated heterocycles. The van der Waals surface area contributed by atoms with Crippen molar-refractivity contribution in [1.82, 2.24) is 5.32 Å². The Morgan fingerprint density at radius 3 is 2.27 bits per heavy atom. The first-order valence-corrected chi connectivity index (χ1v) is 3.06. The molecule has 1 amide bonds. The molecule has 0 fully saturated rings. The van der Waals surface area contributed by atoms with Crippen LogP contribution in [-0.4, -0.2) is 24.6 Å². The van der Waals surface area contributed by atoms with Gasteiger partial charge in [0.15, 0.2) is 5.66 Å². The second-order valence-corrected chi connectivity index (χ2v) is 2.38. The highest BCUT2D eigenvalue weighted by Crippen LogP contribution is 1.95. The van der Waals surface area contributed by atoms with Crippen molar-refractivity contribution in [3.63, 3.8) is 0 Å². The highest BCUT2D eigenvalue weighted by molar-refractivity contribution is 5.85. The zero-order valence-corrected chi connectivity index (χ0v) is 6.80. The number of carbonyl (C=O) groups is 2. The summed E-state index contributed by atoms with van der Waals surface area (Å²) >= 11 is 0. The lowest BCUT2D eigenvalue weighted by Crippen LogP contribution is -2.59. The smallest absolute Gasteiger partial charge is 0.346 e. The van der Waals surface area contributed by atoms with Crippen molar-refractivity contribution in [1.29, 1.82) is 0 Å². The average molecular weight is 160 g/mol. The van der Waals surface area contributed by atoms with E-state index in [-0.39, 0.29) is 5.91 Å². The number of amides is 1. The molecule has 11 heavy (non-hydrogen) atoms. The van der Waals surface area contributed by atoms with Crippen LogP contribution in [-0.2, 0) is 14.3 Å². The molecule has 1 atom stereocenters. The monoisotopic (exact) mass is 160 g/mol. The second-order valence-electron chi connectivity index (χ2n) is 2.38. The number of hydrogen-bond donors (Lipinski definition) is 2. The second kappa shape index (κ2) is 3.34. The minimum Gasteiger partial charge on any atom is -0.466 e. The zero-order chi connectivity index (χ0) is 9.07. The standard InChI is InChI=1S/C6H12N2O3/c1-4(9)8-6(2,7)5(10)11-3/h7H2,1-3H3,(H,8,9)/t6-/m0/s1. The van der Waals surface area contributed by atoms with Crippen LogP contribution in [0.1, 0.15) is 13.8 Å². The Morgan fingerprint density at radius 1 is 1.55 bits per heavy atom. The molecule has 0 spiro atoms. The van der Waals surface area contributed by atoms with Crippen molar-refractivity contribution in [2.45, 2.75) is 19.5 Å². The van der Waals surface area contributed by atoms with Gasteiger partial charge in [-0.05, 0) is 6.92 Å². The van der Waals surface area contributed by atoms with Gasteiger partial charge in [0.1, 0.15) is 0 Å². The number of methoxy groups -OCH3 is 1. The van der Waals surface area contributed by atoms with Crippen LogP contribution in [0.15, 0.2) is 0 Å². The first-order valence-electron chi connectivity index (χ1n) is 3.06. The van der Waals surface area contributed by atoms with Gasteiger partial charge < -0.3 is 10.1 Å². The van der Waals surface area contributed by atoms with Gasteiger partial charge in [-0.25, -0.2) is 4.79 Å². The molecule has 0 heterocycles. The third-order valence-electron chi connectivity index (χ3n) is 1.05. The van der Waals surface area contributed by atoms with E-state index in [9.17, 15) is 9.59 Å². The lowest BCUT2D eigenvalue weighted by Gasteiger charge is -2.21. The Kier molecular flexibility index (Phi) is 3.00. The van der Waals surface area contributed by atoms with Crippen LogP contribution in [0, 0.1) is 0 Å². The Bertz CT molecular complexity index is 177. The van der Waals surface area contributed by atoms with Gasteiger partial charge in [0, 0.05) is 6.92 Å². The van der Waals surface area contributed by atoms with Gasteiger partial charge in [-0.3, -0.25) is 10.5 Å². The molecule has 3 N–H and O–H groups in total. The third kappa shape index (κ3) is 2.99. The molecule has 5 nitrogen and oxygen atoms in total. The van der Waals surface area contributed by atoms with E-state index in [0.717, 1.165) is 0 Å². The fourth-order valence-corrected chi connectivity index (χ4v) is 0.629. The molecule has 5 heteroatoms. The van der Waals surface area contributed by atoms with E-state index in [1.165, 1.54) is 21.0 Å². The maximum atomic E-state index is 10.8. The summed E-state index contributed by atoms with van der Waals surface area (Å²) in [6, 6.07) is 0. The van der Waals surface area contributed by atoms with Crippen LogP contribution < -0.4 is 11.1 Å². The molecule has 0 aliphatic carbocycles. The molecule has 64 valence electrons. The van der Waals surface area contributed by atoms with E-state index in [0.29, 0.717) is 0 Å². The van der Waals surface area contributed by atoms with E-state index in [1.54, 1.807) is 0 Å². The Hall–Kier alpha value is -1.10. The number of rotatable bonds is 2. The topological polar surface area (TPSA) is 81.4 Å². The number of ether oxygens (including phenoxy) is 1. The summed E-state index contributed by atoms with van der Waals surface area (Å²) in [5.41, 5.74) is 3.94. The van der Waals surface area contributed by atoms with Crippen LogP contribution in [0.2, 0.25) is 0 Å². The first kappa shape index (κ1) is 9.90. The SMILES string of the molecule is COC(=O)[C@@](C)(N)NC(C)=O. The predicted octanol–water partition coefficient (Wildman–Crippen LogP) is -1.03. The molecule has 0 rings (SSSR count). The number of carbonyl (C=O) groups excluding carboxylic acids is 2. The van der Waals surface area contributed by atoms with E-state index in [1.807, 2.05) is 0 Å². The number of esters is 1. The number of hydrogen-bond acceptors (Lipinski definition) is 4. The van der Waals surface area contributed by atoms with Crippen molar-refractivity contribution in [3.8, 4) is 0 Å². The maximum absolute atomic E-state index is 10.8. The fraction of sp³-hybridized carbons (Fsp3) is 0.667. The van der Waals surface area contributed by atoms with Crippen LogP contribution >= 0.6 is 0 Å². The van der Waals surface area contributed by atoms with Gasteiger partial charge in [0.05, 0.1) is 7.11 Å². The molecule has 0 aromatic heterocycles. The summed E-state index contributed by atoms with van der Waals surface area (Å²) in [4.78, 5) is 21.3. The summed E-state index contributed by atoms with van der Waals surface area (Å²) in [6.07, 6.45) is 0. The summed E-state index contributed by atoms with van der Waals surface area (Å²) in [6.45, 7) is 2.63. The Morgan fingerprint density at radius 2 is 2.00 bits per heavy atom. The number of nitrogens with two attached hydrogens (primary N) is 1. The lowest BCUT2D eigenvalue weighted by molar-refractivity contribution is -0.149. The molecular weight excluding hydrogens is 148 g/mol. The van der Waals surface area contributed by atoms with Crippen molar-refractivity contribution < 1.29 is 14.3 Å². The molecule has 0 bridgehead atoms. The summed E-state index contributed by atoms with van der Waals surface area (Å²) in [5.74, 6) is -1.05. The lowest BCUT2D eigenvalue weighted by atomic mass is 10.2. The van der Waals surface area contributed by atoms with Gasteiger partial charge in [-0.15, -0.1) is 0 Å². The van der Waals surface area contributed by atoms with Crippen LogP contribution in [0.4, 0.5) is 0 Å².